The van der Waals surface area contributed by atoms with Crippen molar-refractivity contribution in [3.05, 3.63) is 51.3 Å². The molecule has 0 radical (unpaired) electrons. The number of hydrogen-bond acceptors (Lipinski definition) is 7. The molecule has 6 nitrogen and oxygen atoms in total. The molecule has 0 saturated heterocycles. The van der Waals surface area contributed by atoms with Crippen LogP contribution in [-0.2, 0) is 13.0 Å². The SMILES string of the molecule is Cc1cnc(-c2c(C[C@H](C)N)oc3c(NCc4cccs4)cc(Cl)nc23)o1. The lowest BCUT2D eigenvalue weighted by molar-refractivity contribution is 0.514. The van der Waals surface area contributed by atoms with E-state index in [1.807, 2.05) is 25.3 Å². The van der Waals surface area contributed by atoms with Crippen LogP contribution in [0.1, 0.15) is 23.3 Å². The summed E-state index contributed by atoms with van der Waals surface area (Å²) in [5.41, 5.74) is 8.74. The number of rotatable bonds is 6. The minimum absolute atomic E-state index is 0.0848. The van der Waals surface area contributed by atoms with Crippen molar-refractivity contribution in [3.8, 4) is 11.5 Å². The van der Waals surface area contributed by atoms with Gasteiger partial charge in [-0.3, -0.25) is 0 Å². The number of aromatic nitrogens is 2. The molecular formula is C19H19ClN4O2S. The van der Waals surface area contributed by atoms with Crippen molar-refractivity contribution in [1.29, 1.82) is 0 Å². The number of fused-ring (bicyclic) bond motifs is 1. The first-order valence-corrected chi connectivity index (χ1v) is 9.83. The summed E-state index contributed by atoms with van der Waals surface area (Å²) in [5.74, 6) is 1.86. The minimum Gasteiger partial charge on any atom is -0.456 e. The molecule has 0 unspecified atom stereocenters. The number of thiophene rings is 1. The Morgan fingerprint density at radius 1 is 1.37 bits per heavy atom. The quantitative estimate of drug-likeness (QED) is 0.440. The number of furan rings is 1. The van der Waals surface area contributed by atoms with E-state index < -0.39 is 0 Å². The maximum atomic E-state index is 6.30. The second-order valence-corrected chi connectivity index (χ2v) is 7.88. The van der Waals surface area contributed by atoms with Gasteiger partial charge in [-0.1, -0.05) is 17.7 Å². The Bertz CT molecular complexity index is 1070. The average molecular weight is 403 g/mol. The molecular weight excluding hydrogens is 384 g/mol. The number of pyridine rings is 1. The maximum Gasteiger partial charge on any atom is 0.232 e. The first-order valence-electron chi connectivity index (χ1n) is 8.58. The van der Waals surface area contributed by atoms with Crippen molar-refractivity contribution in [2.24, 2.45) is 5.73 Å². The standard InChI is InChI=1S/C19H19ClN4O2S/c1-10(21)6-14-16(19-23-8-11(2)25-19)17-18(26-14)13(7-15(20)24-17)22-9-12-4-3-5-27-12/h3-5,7-8,10H,6,9,21H2,1-2H3,(H,22,24)/t10-/m0/s1. The third-order valence-corrected chi connectivity index (χ3v) is 5.13. The highest BCUT2D eigenvalue weighted by Gasteiger charge is 2.24. The highest BCUT2D eigenvalue weighted by Crippen LogP contribution is 2.38. The summed E-state index contributed by atoms with van der Waals surface area (Å²) in [6.45, 7) is 4.44. The zero-order chi connectivity index (χ0) is 19.0. The third-order valence-electron chi connectivity index (χ3n) is 4.06. The molecule has 27 heavy (non-hydrogen) atoms. The summed E-state index contributed by atoms with van der Waals surface area (Å²) < 4.78 is 11.9. The zero-order valence-corrected chi connectivity index (χ0v) is 16.5. The molecule has 3 N–H and O–H groups in total. The Morgan fingerprint density at radius 3 is 2.89 bits per heavy atom. The van der Waals surface area contributed by atoms with Gasteiger partial charge in [0, 0.05) is 30.0 Å². The lowest BCUT2D eigenvalue weighted by atomic mass is 10.1. The van der Waals surface area contributed by atoms with Crippen molar-refractivity contribution in [2.75, 3.05) is 5.32 Å². The van der Waals surface area contributed by atoms with Crippen LogP contribution in [0.4, 0.5) is 5.69 Å². The highest BCUT2D eigenvalue weighted by molar-refractivity contribution is 7.09. The van der Waals surface area contributed by atoms with E-state index >= 15 is 0 Å². The minimum atomic E-state index is -0.0848. The Balaban J connectivity index is 1.84. The van der Waals surface area contributed by atoms with Gasteiger partial charge in [0.1, 0.15) is 27.8 Å². The summed E-state index contributed by atoms with van der Waals surface area (Å²) in [7, 11) is 0. The van der Waals surface area contributed by atoms with E-state index in [-0.39, 0.29) is 6.04 Å². The van der Waals surface area contributed by atoms with Crippen LogP contribution in [0.2, 0.25) is 5.15 Å². The highest BCUT2D eigenvalue weighted by atomic mass is 35.5. The van der Waals surface area contributed by atoms with Crippen LogP contribution in [-0.4, -0.2) is 16.0 Å². The monoisotopic (exact) mass is 402 g/mol. The third kappa shape index (κ3) is 3.71. The fourth-order valence-corrected chi connectivity index (χ4v) is 3.77. The molecule has 4 rings (SSSR count). The number of nitrogens with two attached hydrogens (primary N) is 1. The number of aryl methyl sites for hydroxylation is 1. The van der Waals surface area contributed by atoms with Gasteiger partial charge in [0.2, 0.25) is 5.89 Å². The molecule has 0 fully saturated rings. The number of oxazole rings is 1. The van der Waals surface area contributed by atoms with Crippen LogP contribution in [0, 0.1) is 6.92 Å². The van der Waals surface area contributed by atoms with Gasteiger partial charge in [0.25, 0.3) is 0 Å². The van der Waals surface area contributed by atoms with Gasteiger partial charge in [-0.05, 0) is 25.3 Å². The van der Waals surface area contributed by atoms with Crippen LogP contribution in [0.25, 0.3) is 22.6 Å². The molecule has 0 spiro atoms. The van der Waals surface area contributed by atoms with E-state index in [1.54, 1.807) is 23.6 Å². The molecule has 0 bridgehead atoms. The van der Waals surface area contributed by atoms with Crippen molar-refractivity contribution in [3.63, 3.8) is 0 Å². The lowest BCUT2D eigenvalue weighted by Crippen LogP contribution is -2.17. The fraction of sp³-hybridized carbons (Fsp3) is 0.263. The molecule has 8 heteroatoms. The van der Waals surface area contributed by atoms with E-state index in [4.69, 9.17) is 26.2 Å². The van der Waals surface area contributed by atoms with Crippen molar-refractivity contribution in [1.82, 2.24) is 9.97 Å². The molecule has 0 aromatic carbocycles. The summed E-state index contributed by atoms with van der Waals surface area (Å²) in [6, 6.07) is 5.77. The van der Waals surface area contributed by atoms with Crippen molar-refractivity contribution < 1.29 is 8.83 Å². The van der Waals surface area contributed by atoms with Crippen molar-refractivity contribution in [2.45, 2.75) is 32.9 Å². The first kappa shape index (κ1) is 18.0. The van der Waals surface area contributed by atoms with Crippen LogP contribution < -0.4 is 11.1 Å². The lowest BCUT2D eigenvalue weighted by Gasteiger charge is -2.06. The number of anilines is 1. The van der Waals surface area contributed by atoms with Crippen LogP contribution in [0.15, 0.2) is 38.6 Å². The average Bonchev–Trinajstić information content (AvgIpc) is 3.32. The van der Waals surface area contributed by atoms with Gasteiger partial charge < -0.3 is 19.9 Å². The van der Waals surface area contributed by atoms with Crippen LogP contribution >= 0.6 is 22.9 Å². The number of nitrogens with one attached hydrogen (secondary N) is 1. The summed E-state index contributed by atoms with van der Waals surface area (Å²) >= 11 is 7.98. The molecule has 0 amide bonds. The molecule has 4 heterocycles. The van der Waals surface area contributed by atoms with Crippen LogP contribution in [0.5, 0.6) is 0 Å². The van der Waals surface area contributed by atoms with Gasteiger partial charge in [0.15, 0.2) is 5.58 Å². The van der Waals surface area contributed by atoms with Gasteiger partial charge in [-0.15, -0.1) is 11.3 Å². The molecule has 0 aliphatic carbocycles. The van der Waals surface area contributed by atoms with E-state index in [9.17, 15) is 0 Å². The Kier molecular flexibility index (Phi) is 4.90. The second-order valence-electron chi connectivity index (χ2n) is 6.46. The van der Waals surface area contributed by atoms with Crippen molar-refractivity contribution >= 4 is 39.7 Å². The van der Waals surface area contributed by atoms with Gasteiger partial charge in [-0.25, -0.2) is 9.97 Å². The fourth-order valence-electron chi connectivity index (χ4n) is 2.93. The predicted molar refractivity (Wildman–Crippen MR) is 108 cm³/mol. The maximum absolute atomic E-state index is 6.30. The molecule has 0 saturated carbocycles. The van der Waals surface area contributed by atoms with E-state index in [2.05, 4.69) is 21.4 Å². The number of halogens is 1. The summed E-state index contributed by atoms with van der Waals surface area (Å²) in [4.78, 5) is 10.1. The smallest absolute Gasteiger partial charge is 0.232 e. The molecule has 4 aromatic rings. The Morgan fingerprint density at radius 2 is 2.22 bits per heavy atom. The number of hydrogen-bond donors (Lipinski definition) is 2. The van der Waals surface area contributed by atoms with E-state index in [0.717, 1.165) is 5.69 Å². The normalized spacial score (nSPS) is 12.6. The molecule has 1 atom stereocenters. The zero-order valence-electron chi connectivity index (χ0n) is 15.0. The summed E-state index contributed by atoms with van der Waals surface area (Å²) in [5, 5.41) is 5.81. The second kappa shape index (κ2) is 7.34. The van der Waals surface area contributed by atoms with Gasteiger partial charge in [0.05, 0.1) is 11.9 Å². The number of nitrogens with zero attached hydrogens (tertiary/aromatic N) is 2. The Hall–Kier alpha value is -2.35. The first-order chi connectivity index (χ1) is 13.0. The molecule has 0 aliphatic rings. The molecule has 0 aliphatic heterocycles. The van der Waals surface area contributed by atoms with Crippen LogP contribution in [0.3, 0.4) is 0 Å². The van der Waals surface area contributed by atoms with E-state index in [0.29, 0.717) is 52.2 Å². The van der Waals surface area contributed by atoms with Gasteiger partial charge >= 0.3 is 0 Å². The topological polar surface area (TPSA) is 90.1 Å². The van der Waals surface area contributed by atoms with E-state index in [1.165, 1.54) is 4.88 Å². The predicted octanol–water partition coefficient (Wildman–Crippen LogP) is 5.01. The van der Waals surface area contributed by atoms with Gasteiger partial charge in [-0.2, -0.15) is 0 Å². The largest absolute Gasteiger partial charge is 0.456 e. The Labute approximate surface area is 165 Å². The summed E-state index contributed by atoms with van der Waals surface area (Å²) in [6.07, 6.45) is 2.21. The molecule has 4 aromatic heterocycles. The molecule has 140 valence electrons.